The Labute approximate surface area is 155 Å². The Morgan fingerprint density at radius 1 is 1.12 bits per heavy atom. The van der Waals surface area contributed by atoms with Crippen LogP contribution in [0.1, 0.15) is 16.1 Å². The van der Waals surface area contributed by atoms with Gasteiger partial charge >= 0.3 is 0 Å². The molecular formula is C17H14Cl2N2O3S. The highest BCUT2D eigenvalue weighted by atomic mass is 35.5. The van der Waals surface area contributed by atoms with Gasteiger partial charge in [-0.05, 0) is 37.3 Å². The van der Waals surface area contributed by atoms with Gasteiger partial charge in [0.15, 0.2) is 5.78 Å². The fraction of sp³-hybridized carbons (Fsp3) is 0.118. The summed E-state index contributed by atoms with van der Waals surface area (Å²) in [7, 11) is -4.04. The molecule has 0 amide bonds. The van der Waals surface area contributed by atoms with Gasteiger partial charge in [0, 0.05) is 10.4 Å². The third-order valence-corrected chi connectivity index (χ3v) is 6.09. The number of Topliss-reactive ketones (excluding diaryl/α,β-unsaturated/α-hetero) is 1. The number of halogens is 2. The van der Waals surface area contributed by atoms with E-state index in [0.717, 1.165) is 9.54 Å². The largest absolute Gasteiger partial charge is 0.324 e. The summed E-state index contributed by atoms with van der Waals surface area (Å²) < 4.78 is 27.3. The highest BCUT2D eigenvalue weighted by Crippen LogP contribution is 2.33. The molecule has 0 atom stereocenters. The molecule has 0 aliphatic heterocycles. The van der Waals surface area contributed by atoms with Crippen LogP contribution >= 0.6 is 23.2 Å². The maximum Gasteiger partial charge on any atom is 0.268 e. The first-order valence-electron chi connectivity index (χ1n) is 7.31. The number of ketones is 1. The van der Waals surface area contributed by atoms with Crippen LogP contribution in [0.3, 0.4) is 0 Å². The van der Waals surface area contributed by atoms with Crippen molar-refractivity contribution in [3.63, 3.8) is 0 Å². The molecule has 0 fully saturated rings. The molecule has 0 spiro atoms. The van der Waals surface area contributed by atoms with E-state index in [-0.39, 0.29) is 32.7 Å². The third-order valence-electron chi connectivity index (χ3n) is 3.82. The van der Waals surface area contributed by atoms with Crippen LogP contribution in [0.25, 0.3) is 10.9 Å². The summed E-state index contributed by atoms with van der Waals surface area (Å²) in [4.78, 5) is 12.3. The number of aromatic nitrogens is 1. The number of nitrogens with two attached hydrogens (primary N) is 1. The number of fused-ring (bicyclic) bond motifs is 1. The van der Waals surface area contributed by atoms with Gasteiger partial charge in [-0.2, -0.15) is 0 Å². The van der Waals surface area contributed by atoms with Crippen molar-refractivity contribution in [3.05, 3.63) is 63.8 Å². The Morgan fingerprint density at radius 2 is 1.76 bits per heavy atom. The number of carbonyl (C=O) groups is 1. The highest BCUT2D eigenvalue weighted by molar-refractivity contribution is 7.90. The van der Waals surface area contributed by atoms with Gasteiger partial charge in [-0.25, -0.2) is 12.4 Å². The molecule has 0 aliphatic rings. The normalized spacial score (nSPS) is 11.8. The maximum atomic E-state index is 13.2. The minimum atomic E-state index is -4.04. The summed E-state index contributed by atoms with van der Waals surface area (Å²) in [5.41, 5.74) is 6.54. The predicted molar refractivity (Wildman–Crippen MR) is 99.1 cm³/mol. The van der Waals surface area contributed by atoms with E-state index in [0.29, 0.717) is 5.39 Å². The van der Waals surface area contributed by atoms with Crippen molar-refractivity contribution < 1.29 is 13.2 Å². The Balaban J connectivity index is 2.40. The molecule has 0 saturated heterocycles. The summed E-state index contributed by atoms with van der Waals surface area (Å²) in [6.07, 6.45) is 0. The lowest BCUT2D eigenvalue weighted by molar-refractivity contribution is 0.0996. The molecule has 3 aromatic rings. The van der Waals surface area contributed by atoms with Crippen LogP contribution < -0.4 is 5.73 Å². The molecule has 3 rings (SSSR count). The molecule has 2 aromatic carbocycles. The second-order valence-electron chi connectivity index (χ2n) is 5.56. The van der Waals surface area contributed by atoms with Crippen molar-refractivity contribution in [2.24, 2.45) is 5.73 Å². The van der Waals surface area contributed by atoms with Crippen LogP contribution in [-0.2, 0) is 10.0 Å². The molecule has 0 radical (unpaired) electrons. The Bertz CT molecular complexity index is 1090. The molecule has 0 saturated carbocycles. The summed E-state index contributed by atoms with van der Waals surface area (Å²) in [6.45, 7) is 1.52. The van der Waals surface area contributed by atoms with Crippen LogP contribution in [0, 0.1) is 6.92 Å². The van der Waals surface area contributed by atoms with Crippen LogP contribution in [-0.4, -0.2) is 24.7 Å². The molecule has 8 heteroatoms. The molecule has 0 unspecified atom stereocenters. The monoisotopic (exact) mass is 396 g/mol. The Kier molecular flexibility index (Phi) is 4.64. The number of nitrogens with zero attached hydrogens (tertiary/aromatic N) is 1. The highest BCUT2D eigenvalue weighted by Gasteiger charge is 2.27. The van der Waals surface area contributed by atoms with Gasteiger partial charge in [-0.1, -0.05) is 40.9 Å². The zero-order valence-corrected chi connectivity index (χ0v) is 15.5. The molecule has 0 aliphatic carbocycles. The minimum absolute atomic E-state index is 0.0535. The van der Waals surface area contributed by atoms with Crippen molar-refractivity contribution >= 4 is 49.9 Å². The maximum absolute atomic E-state index is 13.2. The van der Waals surface area contributed by atoms with Gasteiger partial charge in [0.1, 0.15) is 5.69 Å². The first-order chi connectivity index (χ1) is 11.8. The van der Waals surface area contributed by atoms with Gasteiger partial charge in [0.2, 0.25) is 0 Å². The zero-order chi connectivity index (χ0) is 18.4. The minimum Gasteiger partial charge on any atom is -0.324 e. The van der Waals surface area contributed by atoms with E-state index in [2.05, 4.69) is 0 Å². The van der Waals surface area contributed by atoms with E-state index in [1.165, 1.54) is 30.3 Å². The van der Waals surface area contributed by atoms with Gasteiger partial charge < -0.3 is 5.73 Å². The van der Waals surface area contributed by atoms with Crippen molar-refractivity contribution in [2.45, 2.75) is 11.8 Å². The average molecular weight is 397 g/mol. The summed E-state index contributed by atoms with van der Waals surface area (Å²) in [6, 6.07) is 10.7. The van der Waals surface area contributed by atoms with Crippen molar-refractivity contribution in [1.82, 2.24) is 3.97 Å². The van der Waals surface area contributed by atoms with Gasteiger partial charge in [0.05, 0.1) is 22.0 Å². The number of benzene rings is 2. The number of carbonyl (C=O) groups excluding carboxylic acids is 1. The number of hydrogen-bond acceptors (Lipinski definition) is 4. The lowest BCUT2D eigenvalue weighted by atomic mass is 10.2. The van der Waals surface area contributed by atoms with Gasteiger partial charge in [-0.3, -0.25) is 4.79 Å². The average Bonchev–Trinajstić information content (AvgIpc) is 2.95. The SMILES string of the molecule is Cc1ccc(S(=O)(=O)n2c(C(=O)CN)cc3c(Cl)cc(Cl)cc32)cc1. The van der Waals surface area contributed by atoms with Crippen molar-refractivity contribution in [3.8, 4) is 0 Å². The second-order valence-corrected chi connectivity index (χ2v) is 8.19. The molecular weight excluding hydrogens is 383 g/mol. The molecule has 0 bridgehead atoms. The van der Waals surface area contributed by atoms with E-state index in [4.69, 9.17) is 28.9 Å². The second kappa shape index (κ2) is 6.46. The fourth-order valence-corrected chi connectivity index (χ4v) is 4.63. The van der Waals surface area contributed by atoms with E-state index >= 15 is 0 Å². The molecule has 1 heterocycles. The van der Waals surface area contributed by atoms with E-state index in [1.54, 1.807) is 12.1 Å². The summed E-state index contributed by atoms with van der Waals surface area (Å²) in [5, 5.41) is 0.938. The van der Waals surface area contributed by atoms with Gasteiger partial charge in [0.25, 0.3) is 10.0 Å². The van der Waals surface area contributed by atoms with Crippen molar-refractivity contribution in [2.75, 3.05) is 6.54 Å². The van der Waals surface area contributed by atoms with Gasteiger partial charge in [-0.15, -0.1) is 0 Å². The standard InChI is InChI=1S/C17H14Cl2N2O3S/c1-10-2-4-12(5-3-10)25(23,24)21-15-7-11(18)6-14(19)13(15)8-16(21)17(22)9-20/h2-8H,9,20H2,1H3. The summed E-state index contributed by atoms with van der Waals surface area (Å²) in [5.74, 6) is -0.515. The lowest BCUT2D eigenvalue weighted by Gasteiger charge is -2.11. The van der Waals surface area contributed by atoms with Crippen LogP contribution in [0.15, 0.2) is 47.4 Å². The van der Waals surface area contributed by atoms with Crippen LogP contribution in [0.5, 0.6) is 0 Å². The predicted octanol–water partition coefficient (Wildman–Crippen LogP) is 3.63. The number of aryl methyl sites for hydroxylation is 1. The zero-order valence-electron chi connectivity index (χ0n) is 13.2. The smallest absolute Gasteiger partial charge is 0.268 e. The van der Waals surface area contributed by atoms with Crippen LogP contribution in [0.4, 0.5) is 0 Å². The molecule has 5 nitrogen and oxygen atoms in total. The molecule has 25 heavy (non-hydrogen) atoms. The fourth-order valence-electron chi connectivity index (χ4n) is 2.58. The van der Waals surface area contributed by atoms with Crippen molar-refractivity contribution in [1.29, 1.82) is 0 Å². The Morgan fingerprint density at radius 3 is 2.36 bits per heavy atom. The third kappa shape index (κ3) is 3.06. The Hall–Kier alpha value is -1.86. The molecule has 1 aromatic heterocycles. The number of hydrogen-bond donors (Lipinski definition) is 1. The lowest BCUT2D eigenvalue weighted by Crippen LogP contribution is -2.22. The first-order valence-corrected chi connectivity index (χ1v) is 9.51. The molecule has 2 N–H and O–H groups in total. The van der Waals surface area contributed by atoms with E-state index in [1.807, 2.05) is 6.92 Å². The van der Waals surface area contributed by atoms with E-state index < -0.39 is 15.8 Å². The quantitative estimate of drug-likeness (QED) is 0.682. The van der Waals surface area contributed by atoms with Crippen LogP contribution in [0.2, 0.25) is 10.0 Å². The van der Waals surface area contributed by atoms with E-state index in [9.17, 15) is 13.2 Å². The number of rotatable bonds is 4. The molecule has 130 valence electrons. The first kappa shape index (κ1) is 17.9. The topological polar surface area (TPSA) is 82.2 Å². The summed E-state index contributed by atoms with van der Waals surface area (Å²) >= 11 is 12.2.